The molecule has 0 saturated carbocycles. The fourth-order valence-electron chi connectivity index (χ4n) is 2.45. The van der Waals surface area contributed by atoms with Gasteiger partial charge in [-0.15, -0.1) is 0 Å². The van der Waals surface area contributed by atoms with Gasteiger partial charge >= 0.3 is 0 Å². The molecule has 0 aliphatic carbocycles. The standard InChI is InChI=1S/C17H28O2/c1-4-6-14-8-10-15(11-9-14)13(3)12-17(19)16(18)7-5-2/h8-11,13,16-19H,4-7,12H2,1-3H3. The van der Waals surface area contributed by atoms with Crippen LogP contribution >= 0.6 is 0 Å². The van der Waals surface area contributed by atoms with Crippen molar-refractivity contribution < 1.29 is 10.2 Å². The van der Waals surface area contributed by atoms with Gasteiger partial charge in [-0.25, -0.2) is 0 Å². The molecule has 0 aliphatic heterocycles. The molecule has 108 valence electrons. The predicted octanol–water partition coefficient (Wildman–Crippen LogP) is 3.65. The molecule has 0 aromatic heterocycles. The molecule has 1 aromatic carbocycles. The van der Waals surface area contributed by atoms with E-state index in [4.69, 9.17) is 0 Å². The second kappa shape index (κ2) is 8.34. The predicted molar refractivity (Wildman–Crippen MR) is 80.4 cm³/mol. The van der Waals surface area contributed by atoms with Crippen molar-refractivity contribution in [3.8, 4) is 0 Å². The molecule has 3 unspecified atom stereocenters. The van der Waals surface area contributed by atoms with Crippen LogP contribution in [0, 0.1) is 0 Å². The zero-order chi connectivity index (χ0) is 14.3. The van der Waals surface area contributed by atoms with E-state index in [1.165, 1.54) is 11.1 Å². The average molecular weight is 264 g/mol. The van der Waals surface area contributed by atoms with Gasteiger partial charge in [0.2, 0.25) is 0 Å². The summed E-state index contributed by atoms with van der Waals surface area (Å²) in [5.74, 6) is 0.275. The fraction of sp³-hybridized carbons (Fsp3) is 0.647. The molecule has 0 saturated heterocycles. The highest BCUT2D eigenvalue weighted by molar-refractivity contribution is 5.25. The van der Waals surface area contributed by atoms with Gasteiger partial charge in [0.05, 0.1) is 12.2 Å². The Hall–Kier alpha value is -0.860. The Balaban J connectivity index is 2.54. The molecule has 2 nitrogen and oxygen atoms in total. The van der Waals surface area contributed by atoms with E-state index in [0.717, 1.165) is 19.3 Å². The number of hydrogen-bond donors (Lipinski definition) is 2. The van der Waals surface area contributed by atoms with E-state index in [2.05, 4.69) is 38.1 Å². The highest BCUT2D eigenvalue weighted by Gasteiger charge is 2.19. The Morgan fingerprint density at radius 2 is 1.58 bits per heavy atom. The lowest BCUT2D eigenvalue weighted by Crippen LogP contribution is -2.27. The summed E-state index contributed by atoms with van der Waals surface area (Å²) in [6, 6.07) is 8.64. The molecule has 0 spiro atoms. The summed E-state index contributed by atoms with van der Waals surface area (Å²) in [5.41, 5.74) is 2.60. The quantitative estimate of drug-likeness (QED) is 0.752. The van der Waals surface area contributed by atoms with Gasteiger partial charge in [0.25, 0.3) is 0 Å². The molecule has 3 atom stereocenters. The summed E-state index contributed by atoms with van der Waals surface area (Å²) in [7, 11) is 0. The molecule has 2 heteroatoms. The zero-order valence-corrected chi connectivity index (χ0v) is 12.5. The van der Waals surface area contributed by atoms with E-state index < -0.39 is 12.2 Å². The van der Waals surface area contributed by atoms with E-state index in [1.807, 2.05) is 6.92 Å². The van der Waals surface area contributed by atoms with Gasteiger partial charge in [-0.2, -0.15) is 0 Å². The molecule has 1 rings (SSSR count). The van der Waals surface area contributed by atoms with Crippen molar-refractivity contribution in [2.45, 2.75) is 71.0 Å². The molecule has 0 heterocycles. The molecule has 0 fully saturated rings. The smallest absolute Gasteiger partial charge is 0.0804 e. The topological polar surface area (TPSA) is 40.5 Å². The maximum Gasteiger partial charge on any atom is 0.0804 e. The Morgan fingerprint density at radius 3 is 2.11 bits per heavy atom. The highest BCUT2D eigenvalue weighted by atomic mass is 16.3. The third-order valence-corrected chi connectivity index (χ3v) is 3.71. The summed E-state index contributed by atoms with van der Waals surface area (Å²) in [5, 5.41) is 19.7. The monoisotopic (exact) mass is 264 g/mol. The van der Waals surface area contributed by atoms with Crippen LogP contribution in [0.25, 0.3) is 0 Å². The first-order valence-corrected chi connectivity index (χ1v) is 7.53. The normalized spacial score (nSPS) is 16.1. The second-order valence-corrected chi connectivity index (χ2v) is 5.55. The van der Waals surface area contributed by atoms with E-state index in [9.17, 15) is 10.2 Å². The van der Waals surface area contributed by atoms with Gasteiger partial charge in [-0.05, 0) is 36.3 Å². The number of aliphatic hydroxyl groups is 2. The van der Waals surface area contributed by atoms with Crippen LogP contribution in [-0.4, -0.2) is 22.4 Å². The van der Waals surface area contributed by atoms with Gasteiger partial charge in [0.1, 0.15) is 0 Å². The van der Waals surface area contributed by atoms with Crippen LogP contribution in [0.4, 0.5) is 0 Å². The van der Waals surface area contributed by atoms with Crippen LogP contribution in [0.2, 0.25) is 0 Å². The van der Waals surface area contributed by atoms with Crippen LogP contribution in [0.5, 0.6) is 0 Å². The number of benzene rings is 1. The van der Waals surface area contributed by atoms with Crippen LogP contribution in [0.3, 0.4) is 0 Å². The molecule has 0 bridgehead atoms. The van der Waals surface area contributed by atoms with Crippen molar-refractivity contribution in [2.24, 2.45) is 0 Å². The minimum absolute atomic E-state index is 0.275. The SMILES string of the molecule is CCCc1ccc(C(C)CC(O)C(O)CCC)cc1. The number of rotatable bonds is 8. The van der Waals surface area contributed by atoms with Crippen molar-refractivity contribution in [3.63, 3.8) is 0 Å². The largest absolute Gasteiger partial charge is 0.390 e. The Kier molecular flexibility index (Phi) is 7.11. The van der Waals surface area contributed by atoms with Crippen molar-refractivity contribution in [2.75, 3.05) is 0 Å². The molecular formula is C17H28O2. The minimum atomic E-state index is -0.620. The van der Waals surface area contributed by atoms with Crippen LogP contribution in [-0.2, 0) is 6.42 Å². The van der Waals surface area contributed by atoms with Gasteiger partial charge < -0.3 is 10.2 Å². The van der Waals surface area contributed by atoms with E-state index in [0.29, 0.717) is 12.8 Å². The van der Waals surface area contributed by atoms with Crippen LogP contribution < -0.4 is 0 Å². The minimum Gasteiger partial charge on any atom is -0.390 e. The molecule has 2 N–H and O–H groups in total. The summed E-state index contributed by atoms with van der Waals surface area (Å²) in [4.78, 5) is 0. The van der Waals surface area contributed by atoms with E-state index in [1.54, 1.807) is 0 Å². The first kappa shape index (κ1) is 16.2. The van der Waals surface area contributed by atoms with Gasteiger partial charge in [0, 0.05) is 0 Å². The van der Waals surface area contributed by atoms with Crippen molar-refractivity contribution >= 4 is 0 Å². The molecule has 0 amide bonds. The lowest BCUT2D eigenvalue weighted by Gasteiger charge is -2.21. The second-order valence-electron chi connectivity index (χ2n) is 5.55. The third-order valence-electron chi connectivity index (χ3n) is 3.71. The van der Waals surface area contributed by atoms with Crippen LogP contribution in [0.1, 0.15) is 63.5 Å². The van der Waals surface area contributed by atoms with E-state index in [-0.39, 0.29) is 5.92 Å². The van der Waals surface area contributed by atoms with Crippen LogP contribution in [0.15, 0.2) is 24.3 Å². The van der Waals surface area contributed by atoms with Gasteiger partial charge in [-0.1, -0.05) is 57.9 Å². The van der Waals surface area contributed by atoms with Crippen molar-refractivity contribution in [1.82, 2.24) is 0 Å². The summed E-state index contributed by atoms with van der Waals surface area (Å²) < 4.78 is 0. The van der Waals surface area contributed by atoms with Gasteiger partial charge in [0.15, 0.2) is 0 Å². The molecular weight excluding hydrogens is 236 g/mol. The molecule has 1 aromatic rings. The Morgan fingerprint density at radius 1 is 0.947 bits per heavy atom. The molecule has 0 aliphatic rings. The maximum absolute atomic E-state index is 9.97. The number of aliphatic hydroxyl groups excluding tert-OH is 2. The number of hydrogen-bond acceptors (Lipinski definition) is 2. The van der Waals surface area contributed by atoms with Gasteiger partial charge in [-0.3, -0.25) is 0 Å². The first-order valence-electron chi connectivity index (χ1n) is 7.53. The van der Waals surface area contributed by atoms with Crippen molar-refractivity contribution in [3.05, 3.63) is 35.4 Å². The molecule has 0 radical (unpaired) electrons. The summed E-state index contributed by atoms with van der Waals surface area (Å²) >= 11 is 0. The summed E-state index contributed by atoms with van der Waals surface area (Å²) in [6.07, 6.45) is 3.26. The highest BCUT2D eigenvalue weighted by Crippen LogP contribution is 2.23. The lowest BCUT2D eigenvalue weighted by atomic mass is 9.91. The first-order chi connectivity index (χ1) is 9.08. The molecule has 19 heavy (non-hydrogen) atoms. The Labute approximate surface area is 117 Å². The van der Waals surface area contributed by atoms with E-state index >= 15 is 0 Å². The third kappa shape index (κ3) is 5.33. The zero-order valence-electron chi connectivity index (χ0n) is 12.5. The number of aryl methyl sites for hydroxylation is 1. The lowest BCUT2D eigenvalue weighted by molar-refractivity contribution is 0.00638. The maximum atomic E-state index is 9.97. The fourth-order valence-corrected chi connectivity index (χ4v) is 2.45. The average Bonchev–Trinajstić information content (AvgIpc) is 2.40. The van der Waals surface area contributed by atoms with Crippen molar-refractivity contribution in [1.29, 1.82) is 0 Å². The Bertz CT molecular complexity index is 345. The summed E-state index contributed by atoms with van der Waals surface area (Å²) in [6.45, 7) is 6.31.